The summed E-state index contributed by atoms with van der Waals surface area (Å²) in [5.41, 5.74) is 3.17. The number of piperidine rings is 1. The molecule has 8 heteroatoms. The van der Waals surface area contributed by atoms with E-state index in [4.69, 9.17) is 4.63 Å². The second-order valence-corrected chi connectivity index (χ2v) is 10.7. The molecule has 0 saturated carbocycles. The van der Waals surface area contributed by atoms with E-state index in [1.54, 1.807) is 0 Å². The number of hydrogen-bond acceptors (Lipinski definition) is 6. The number of carbonyl (C=O) groups excluding carboxylic acids is 2. The minimum absolute atomic E-state index is 0.0159. The van der Waals surface area contributed by atoms with Crippen LogP contribution >= 0.6 is 0 Å². The zero-order chi connectivity index (χ0) is 25.7. The van der Waals surface area contributed by atoms with Gasteiger partial charge in [-0.15, -0.1) is 0 Å². The number of rotatable bonds is 6. The molecular weight excluding hydrogens is 454 g/mol. The Morgan fingerprint density at radius 2 is 1.86 bits per heavy atom. The fourth-order valence-corrected chi connectivity index (χ4v) is 5.63. The van der Waals surface area contributed by atoms with Crippen LogP contribution in [0.25, 0.3) is 0 Å². The van der Waals surface area contributed by atoms with Crippen molar-refractivity contribution in [2.45, 2.75) is 91.3 Å². The molecule has 1 aromatic carbocycles. The molecule has 2 amide bonds. The maximum Gasteiger partial charge on any atom is 0.229 e. The zero-order valence-electron chi connectivity index (χ0n) is 22.3. The summed E-state index contributed by atoms with van der Waals surface area (Å²) in [5.74, 6) is 0.763. The number of nitrogens with zero attached hydrogens (tertiary/aromatic N) is 5. The molecule has 0 N–H and O–H groups in total. The van der Waals surface area contributed by atoms with Crippen molar-refractivity contribution in [3.63, 3.8) is 0 Å². The topological polar surface area (TPSA) is 82.8 Å². The molecule has 36 heavy (non-hydrogen) atoms. The molecule has 3 heterocycles. The number of amides is 2. The lowest BCUT2D eigenvalue weighted by atomic mass is 9.92. The van der Waals surface area contributed by atoms with Gasteiger partial charge in [-0.25, -0.2) is 4.63 Å². The summed E-state index contributed by atoms with van der Waals surface area (Å²) in [6, 6.07) is 8.78. The number of aryl methyl sites for hydroxylation is 1. The highest BCUT2D eigenvalue weighted by Crippen LogP contribution is 2.31. The maximum absolute atomic E-state index is 13.7. The third kappa shape index (κ3) is 6.14. The van der Waals surface area contributed by atoms with E-state index in [9.17, 15) is 9.59 Å². The average molecular weight is 496 g/mol. The van der Waals surface area contributed by atoms with E-state index in [1.807, 2.05) is 41.8 Å². The molecule has 4 rings (SSSR count). The minimum Gasteiger partial charge on any atom is -0.336 e. The standard InChI is InChI=1S/C28H41N5O3/c1-5-27(34)33-16-14-23-10-8-11-24(32(23)15-13-20(2)3)19-31(18-22-9-6-7-12-26(22)33)28(35)17-25-21(4)29-36-30-25/h6-7,9,12,20,23-24H,5,8,10-11,13-19H2,1-4H3. The summed E-state index contributed by atoms with van der Waals surface area (Å²) in [5, 5.41) is 7.82. The van der Waals surface area contributed by atoms with E-state index in [0.717, 1.165) is 49.9 Å². The van der Waals surface area contributed by atoms with Crippen molar-refractivity contribution in [3.05, 3.63) is 41.2 Å². The Labute approximate surface area is 215 Å². The predicted octanol–water partition coefficient (Wildman–Crippen LogP) is 4.37. The first kappa shape index (κ1) is 26.3. The fourth-order valence-electron chi connectivity index (χ4n) is 5.63. The second kappa shape index (κ2) is 12.0. The number of carbonyl (C=O) groups is 2. The van der Waals surface area contributed by atoms with Crippen LogP contribution in [0.5, 0.6) is 0 Å². The Balaban J connectivity index is 1.71. The molecule has 2 bridgehead atoms. The van der Waals surface area contributed by atoms with Crippen LogP contribution in [0.2, 0.25) is 0 Å². The van der Waals surface area contributed by atoms with Gasteiger partial charge in [0.15, 0.2) is 0 Å². The van der Waals surface area contributed by atoms with Crippen molar-refractivity contribution in [2.24, 2.45) is 5.92 Å². The molecule has 0 aliphatic carbocycles. The summed E-state index contributed by atoms with van der Waals surface area (Å²) in [6.45, 7) is 11.1. The van der Waals surface area contributed by atoms with Crippen molar-refractivity contribution in [2.75, 3.05) is 24.5 Å². The Kier molecular flexibility index (Phi) is 8.77. The Bertz CT molecular complexity index is 1040. The molecule has 1 aromatic heterocycles. The van der Waals surface area contributed by atoms with Gasteiger partial charge in [0.2, 0.25) is 11.8 Å². The van der Waals surface area contributed by atoms with Gasteiger partial charge in [-0.2, -0.15) is 0 Å². The molecule has 196 valence electrons. The third-order valence-electron chi connectivity index (χ3n) is 7.76. The van der Waals surface area contributed by atoms with Crippen LogP contribution in [0.4, 0.5) is 5.69 Å². The van der Waals surface area contributed by atoms with Crippen molar-refractivity contribution in [1.29, 1.82) is 0 Å². The van der Waals surface area contributed by atoms with Crippen LogP contribution in [0.3, 0.4) is 0 Å². The van der Waals surface area contributed by atoms with Crippen LogP contribution in [0, 0.1) is 12.8 Å². The fraction of sp³-hybridized carbons (Fsp3) is 0.643. The molecule has 2 aliphatic rings. The van der Waals surface area contributed by atoms with E-state index in [1.165, 1.54) is 0 Å². The molecular formula is C28H41N5O3. The Morgan fingerprint density at radius 3 is 2.58 bits per heavy atom. The highest BCUT2D eigenvalue weighted by Gasteiger charge is 2.34. The van der Waals surface area contributed by atoms with Gasteiger partial charge in [0.05, 0.1) is 6.42 Å². The maximum atomic E-state index is 13.7. The zero-order valence-corrected chi connectivity index (χ0v) is 22.3. The molecule has 2 atom stereocenters. The van der Waals surface area contributed by atoms with Crippen molar-refractivity contribution >= 4 is 17.5 Å². The van der Waals surface area contributed by atoms with E-state index in [0.29, 0.717) is 55.4 Å². The lowest BCUT2D eigenvalue weighted by molar-refractivity contribution is -0.132. The molecule has 2 aromatic rings. The molecule has 8 nitrogen and oxygen atoms in total. The van der Waals surface area contributed by atoms with Gasteiger partial charge in [0, 0.05) is 43.8 Å². The first-order valence-corrected chi connectivity index (χ1v) is 13.6. The number of anilines is 1. The predicted molar refractivity (Wildman–Crippen MR) is 139 cm³/mol. The smallest absolute Gasteiger partial charge is 0.229 e. The van der Waals surface area contributed by atoms with Crippen LogP contribution in [-0.4, -0.2) is 63.6 Å². The summed E-state index contributed by atoms with van der Waals surface area (Å²) in [4.78, 5) is 33.4. The van der Waals surface area contributed by atoms with Gasteiger partial charge in [-0.05, 0) is 56.7 Å². The Morgan fingerprint density at radius 1 is 1.08 bits per heavy atom. The second-order valence-electron chi connectivity index (χ2n) is 10.7. The Hall–Kier alpha value is -2.74. The number of aromatic nitrogens is 2. The molecule has 1 fully saturated rings. The van der Waals surface area contributed by atoms with Crippen LogP contribution < -0.4 is 4.90 Å². The quantitative estimate of drug-likeness (QED) is 0.592. The summed E-state index contributed by atoms with van der Waals surface area (Å²) in [6.07, 6.45) is 6.08. The first-order valence-electron chi connectivity index (χ1n) is 13.6. The number of hydrogen-bond donors (Lipinski definition) is 0. The summed E-state index contributed by atoms with van der Waals surface area (Å²) >= 11 is 0. The van der Waals surface area contributed by atoms with Gasteiger partial charge < -0.3 is 9.80 Å². The van der Waals surface area contributed by atoms with Crippen LogP contribution in [0.15, 0.2) is 28.9 Å². The van der Waals surface area contributed by atoms with E-state index in [-0.39, 0.29) is 18.2 Å². The van der Waals surface area contributed by atoms with Gasteiger partial charge in [-0.1, -0.05) is 55.7 Å². The van der Waals surface area contributed by atoms with Crippen LogP contribution in [-0.2, 0) is 22.6 Å². The normalized spacial score (nSPS) is 21.2. The lowest BCUT2D eigenvalue weighted by Crippen LogP contribution is -2.53. The van der Waals surface area contributed by atoms with Gasteiger partial charge >= 0.3 is 0 Å². The number of para-hydroxylation sites is 1. The number of fused-ring (bicyclic) bond motifs is 3. The molecule has 1 saturated heterocycles. The SMILES string of the molecule is CCC(=O)N1CCC2CCCC(CN(C(=O)Cc3nonc3C)Cc3ccccc31)N2CCC(C)C. The van der Waals surface area contributed by atoms with E-state index < -0.39 is 0 Å². The van der Waals surface area contributed by atoms with Gasteiger partial charge in [0.1, 0.15) is 11.4 Å². The largest absolute Gasteiger partial charge is 0.336 e. The van der Waals surface area contributed by atoms with E-state index >= 15 is 0 Å². The molecule has 2 unspecified atom stereocenters. The summed E-state index contributed by atoms with van der Waals surface area (Å²) < 4.78 is 4.85. The van der Waals surface area contributed by atoms with Crippen LogP contribution in [0.1, 0.15) is 76.2 Å². The van der Waals surface area contributed by atoms with Crippen molar-refractivity contribution in [3.8, 4) is 0 Å². The number of benzene rings is 1. The summed E-state index contributed by atoms with van der Waals surface area (Å²) in [7, 11) is 0. The molecule has 0 radical (unpaired) electrons. The highest BCUT2D eigenvalue weighted by molar-refractivity contribution is 5.94. The minimum atomic E-state index is 0.0159. The highest BCUT2D eigenvalue weighted by atomic mass is 16.6. The lowest BCUT2D eigenvalue weighted by Gasteiger charge is -2.44. The average Bonchev–Trinajstić information content (AvgIpc) is 3.26. The monoisotopic (exact) mass is 495 g/mol. The van der Waals surface area contributed by atoms with Gasteiger partial charge in [-0.3, -0.25) is 14.5 Å². The molecule has 2 aliphatic heterocycles. The van der Waals surface area contributed by atoms with E-state index in [2.05, 4.69) is 35.1 Å². The van der Waals surface area contributed by atoms with Crippen molar-refractivity contribution in [1.82, 2.24) is 20.1 Å². The molecule has 0 spiro atoms. The first-order chi connectivity index (χ1) is 17.4. The third-order valence-corrected chi connectivity index (χ3v) is 7.76. The van der Waals surface area contributed by atoms with Crippen molar-refractivity contribution < 1.29 is 14.2 Å². The van der Waals surface area contributed by atoms with Gasteiger partial charge in [0.25, 0.3) is 0 Å².